The molecular formula is C18H18N6O2. The van der Waals surface area contributed by atoms with Crippen molar-refractivity contribution in [2.75, 3.05) is 12.3 Å². The van der Waals surface area contributed by atoms with E-state index in [1.54, 1.807) is 12.5 Å². The predicted octanol–water partition coefficient (Wildman–Crippen LogP) is 2.15. The normalized spacial score (nSPS) is 11.3. The summed E-state index contributed by atoms with van der Waals surface area (Å²) in [4.78, 5) is 24.7. The number of hydrogen-bond acceptors (Lipinski definition) is 6. The molecule has 2 N–H and O–H groups in total. The minimum atomic E-state index is -0.316. The number of carbonyl (C=O) groups is 1. The first-order valence-electron chi connectivity index (χ1n) is 8.27. The van der Waals surface area contributed by atoms with Crippen LogP contribution in [0.3, 0.4) is 0 Å². The van der Waals surface area contributed by atoms with Crippen molar-refractivity contribution in [1.29, 1.82) is 0 Å². The molecule has 0 radical (unpaired) electrons. The fourth-order valence-corrected chi connectivity index (χ4v) is 3.04. The quantitative estimate of drug-likeness (QED) is 0.437. The SMILES string of the molecule is Cn1cc(C(=O)OCCCn2cnc3c(N)ncnc32)c2ccccc21. The Hall–Kier alpha value is -3.42. The molecule has 0 saturated heterocycles. The van der Waals surface area contributed by atoms with Gasteiger partial charge in [0, 0.05) is 30.7 Å². The second-order valence-electron chi connectivity index (χ2n) is 6.03. The summed E-state index contributed by atoms with van der Waals surface area (Å²) in [6.07, 6.45) is 5.53. The maximum absolute atomic E-state index is 12.4. The molecule has 4 aromatic rings. The van der Waals surface area contributed by atoms with Crippen molar-refractivity contribution in [2.24, 2.45) is 7.05 Å². The molecule has 0 aliphatic heterocycles. The minimum Gasteiger partial charge on any atom is -0.462 e. The highest BCUT2D eigenvalue weighted by Crippen LogP contribution is 2.21. The van der Waals surface area contributed by atoms with E-state index in [-0.39, 0.29) is 5.97 Å². The molecule has 0 saturated carbocycles. The number of ether oxygens (including phenoxy) is 1. The third-order valence-corrected chi connectivity index (χ3v) is 4.32. The molecular weight excluding hydrogens is 332 g/mol. The van der Waals surface area contributed by atoms with E-state index in [0.717, 1.165) is 10.9 Å². The molecule has 0 aliphatic rings. The lowest BCUT2D eigenvalue weighted by Crippen LogP contribution is -2.08. The maximum atomic E-state index is 12.4. The Bertz CT molecular complexity index is 1100. The van der Waals surface area contributed by atoms with Gasteiger partial charge in [-0.05, 0) is 12.5 Å². The van der Waals surface area contributed by atoms with Crippen molar-refractivity contribution in [3.05, 3.63) is 48.7 Å². The molecule has 0 bridgehead atoms. The lowest BCUT2D eigenvalue weighted by molar-refractivity contribution is 0.0498. The van der Waals surface area contributed by atoms with Gasteiger partial charge >= 0.3 is 5.97 Å². The van der Waals surface area contributed by atoms with Gasteiger partial charge in [-0.15, -0.1) is 0 Å². The maximum Gasteiger partial charge on any atom is 0.340 e. The molecule has 3 heterocycles. The van der Waals surface area contributed by atoms with Crippen LogP contribution in [-0.2, 0) is 18.3 Å². The molecule has 26 heavy (non-hydrogen) atoms. The number of imidazole rings is 1. The molecule has 0 fully saturated rings. The zero-order chi connectivity index (χ0) is 18.1. The largest absolute Gasteiger partial charge is 0.462 e. The van der Waals surface area contributed by atoms with Crippen molar-refractivity contribution in [2.45, 2.75) is 13.0 Å². The highest BCUT2D eigenvalue weighted by molar-refractivity contribution is 6.04. The number of carbonyl (C=O) groups excluding carboxylic acids is 1. The number of nitrogen functional groups attached to an aromatic ring is 1. The lowest BCUT2D eigenvalue weighted by atomic mass is 10.2. The Balaban J connectivity index is 1.40. The number of nitrogens with zero attached hydrogens (tertiary/aromatic N) is 5. The zero-order valence-corrected chi connectivity index (χ0v) is 14.3. The summed E-state index contributed by atoms with van der Waals surface area (Å²) in [5.74, 6) is 0.0417. The summed E-state index contributed by atoms with van der Waals surface area (Å²) < 4.78 is 9.24. The van der Waals surface area contributed by atoms with E-state index in [1.807, 2.05) is 40.4 Å². The van der Waals surface area contributed by atoms with Gasteiger partial charge in [0.05, 0.1) is 18.5 Å². The Morgan fingerprint density at radius 3 is 2.96 bits per heavy atom. The van der Waals surface area contributed by atoms with Gasteiger partial charge in [-0.3, -0.25) is 0 Å². The van der Waals surface area contributed by atoms with Crippen LogP contribution in [0.15, 0.2) is 43.1 Å². The van der Waals surface area contributed by atoms with E-state index in [9.17, 15) is 4.79 Å². The van der Waals surface area contributed by atoms with Crippen LogP contribution in [0.2, 0.25) is 0 Å². The average molecular weight is 350 g/mol. The summed E-state index contributed by atoms with van der Waals surface area (Å²) in [6, 6.07) is 7.76. The minimum absolute atomic E-state index is 0.308. The van der Waals surface area contributed by atoms with Crippen molar-refractivity contribution >= 4 is 33.9 Å². The van der Waals surface area contributed by atoms with Gasteiger partial charge in [-0.2, -0.15) is 0 Å². The molecule has 0 aliphatic carbocycles. The second-order valence-corrected chi connectivity index (χ2v) is 6.03. The smallest absolute Gasteiger partial charge is 0.340 e. The first-order chi connectivity index (χ1) is 12.6. The van der Waals surface area contributed by atoms with Crippen molar-refractivity contribution in [3.8, 4) is 0 Å². The summed E-state index contributed by atoms with van der Waals surface area (Å²) in [5.41, 5.74) is 8.62. The monoisotopic (exact) mass is 350 g/mol. The van der Waals surface area contributed by atoms with Crippen LogP contribution in [0.4, 0.5) is 5.82 Å². The average Bonchev–Trinajstić information content (AvgIpc) is 3.21. The fourth-order valence-electron chi connectivity index (χ4n) is 3.04. The second kappa shape index (κ2) is 6.47. The van der Waals surface area contributed by atoms with E-state index in [4.69, 9.17) is 10.5 Å². The number of aryl methyl sites for hydroxylation is 2. The number of benzene rings is 1. The van der Waals surface area contributed by atoms with E-state index in [0.29, 0.717) is 42.1 Å². The molecule has 0 unspecified atom stereocenters. The molecule has 0 spiro atoms. The lowest BCUT2D eigenvalue weighted by Gasteiger charge is -2.05. The Morgan fingerprint density at radius 1 is 1.23 bits per heavy atom. The third kappa shape index (κ3) is 2.75. The molecule has 8 heteroatoms. The fraction of sp³-hybridized carbons (Fsp3) is 0.222. The van der Waals surface area contributed by atoms with Gasteiger partial charge in [0.15, 0.2) is 11.5 Å². The summed E-state index contributed by atoms with van der Waals surface area (Å²) in [6.45, 7) is 0.929. The van der Waals surface area contributed by atoms with E-state index < -0.39 is 0 Å². The van der Waals surface area contributed by atoms with Gasteiger partial charge in [0.1, 0.15) is 11.8 Å². The number of anilines is 1. The first kappa shape index (κ1) is 16.1. The summed E-state index contributed by atoms with van der Waals surface area (Å²) in [7, 11) is 1.91. The number of para-hydroxylation sites is 1. The number of esters is 1. The van der Waals surface area contributed by atoms with Crippen molar-refractivity contribution < 1.29 is 9.53 Å². The topological polar surface area (TPSA) is 101 Å². The van der Waals surface area contributed by atoms with Crippen LogP contribution in [0, 0.1) is 0 Å². The number of aromatic nitrogens is 5. The van der Waals surface area contributed by atoms with Crippen LogP contribution >= 0.6 is 0 Å². The van der Waals surface area contributed by atoms with E-state index in [1.165, 1.54) is 6.33 Å². The number of nitrogens with two attached hydrogens (primary N) is 1. The highest BCUT2D eigenvalue weighted by atomic mass is 16.5. The van der Waals surface area contributed by atoms with Gasteiger partial charge in [-0.1, -0.05) is 18.2 Å². The first-order valence-corrected chi connectivity index (χ1v) is 8.27. The van der Waals surface area contributed by atoms with E-state index >= 15 is 0 Å². The van der Waals surface area contributed by atoms with Crippen LogP contribution < -0.4 is 5.73 Å². The Kier molecular flexibility index (Phi) is 4.00. The molecule has 1 aromatic carbocycles. The van der Waals surface area contributed by atoms with Crippen molar-refractivity contribution in [1.82, 2.24) is 24.1 Å². The van der Waals surface area contributed by atoms with Gasteiger partial charge in [-0.25, -0.2) is 19.7 Å². The Morgan fingerprint density at radius 2 is 2.08 bits per heavy atom. The molecule has 8 nitrogen and oxygen atoms in total. The van der Waals surface area contributed by atoms with Gasteiger partial charge < -0.3 is 19.6 Å². The predicted molar refractivity (Wildman–Crippen MR) is 97.6 cm³/mol. The third-order valence-electron chi connectivity index (χ3n) is 4.32. The molecule has 4 rings (SSSR count). The molecule has 0 amide bonds. The molecule has 132 valence electrons. The molecule has 3 aromatic heterocycles. The zero-order valence-electron chi connectivity index (χ0n) is 14.3. The van der Waals surface area contributed by atoms with Crippen LogP contribution in [0.1, 0.15) is 16.8 Å². The summed E-state index contributed by atoms with van der Waals surface area (Å²) in [5, 5.41) is 0.896. The molecule has 0 atom stereocenters. The Labute approximate surface area is 149 Å². The number of rotatable bonds is 5. The van der Waals surface area contributed by atoms with Gasteiger partial charge in [0.2, 0.25) is 0 Å². The van der Waals surface area contributed by atoms with Crippen LogP contribution in [0.5, 0.6) is 0 Å². The van der Waals surface area contributed by atoms with E-state index in [2.05, 4.69) is 15.0 Å². The van der Waals surface area contributed by atoms with Crippen molar-refractivity contribution in [3.63, 3.8) is 0 Å². The van der Waals surface area contributed by atoms with Crippen LogP contribution in [0.25, 0.3) is 22.1 Å². The van der Waals surface area contributed by atoms with Crippen LogP contribution in [-0.4, -0.2) is 36.7 Å². The van der Waals surface area contributed by atoms with Gasteiger partial charge in [0.25, 0.3) is 0 Å². The highest BCUT2D eigenvalue weighted by Gasteiger charge is 2.15. The number of fused-ring (bicyclic) bond motifs is 2. The number of hydrogen-bond donors (Lipinski definition) is 1. The standard InChI is InChI=1S/C18H18N6O2/c1-23-9-13(12-5-2-3-6-14(12)23)18(25)26-8-4-7-24-11-22-15-16(19)20-10-21-17(15)24/h2-3,5-6,9-11H,4,7-8H2,1H3,(H2,19,20,21). The summed E-state index contributed by atoms with van der Waals surface area (Å²) >= 11 is 0.